The second-order valence-electron chi connectivity index (χ2n) is 8.16. The van der Waals surface area contributed by atoms with Gasteiger partial charge in [0.25, 0.3) is 15.9 Å². The number of carbonyl (C=O) groups excluding carboxylic acids is 1. The van der Waals surface area contributed by atoms with Crippen molar-refractivity contribution < 1.29 is 17.6 Å². The van der Waals surface area contributed by atoms with Gasteiger partial charge in [-0.2, -0.15) is 12.8 Å². The fourth-order valence-corrected chi connectivity index (χ4v) is 5.16. The number of halogens is 2. The number of amides is 1. The van der Waals surface area contributed by atoms with E-state index >= 15 is 0 Å². The molecule has 3 heterocycles. The van der Waals surface area contributed by atoms with E-state index in [0.29, 0.717) is 29.4 Å². The van der Waals surface area contributed by atoms with Gasteiger partial charge in [-0.05, 0) is 85.8 Å². The molecule has 1 aliphatic heterocycles. The maximum atomic E-state index is 13.4. The molecule has 1 atom stereocenters. The van der Waals surface area contributed by atoms with Crippen LogP contribution in [0.1, 0.15) is 43.5 Å². The number of carbonyl (C=O) groups is 1. The molecular formula is C20H25BrFN5O3S. The molecule has 8 nitrogen and oxygen atoms in total. The number of aromatic nitrogens is 2. The van der Waals surface area contributed by atoms with Crippen LogP contribution in [0.5, 0.6) is 0 Å². The smallest absolute Gasteiger partial charge is 0.281 e. The monoisotopic (exact) mass is 513 g/mol. The van der Waals surface area contributed by atoms with Gasteiger partial charge < -0.3 is 10.6 Å². The van der Waals surface area contributed by atoms with Crippen LogP contribution in [0.4, 0.5) is 10.2 Å². The minimum absolute atomic E-state index is 0.107. The summed E-state index contributed by atoms with van der Waals surface area (Å²) in [4.78, 5) is 22.8. The highest BCUT2D eigenvalue weighted by Crippen LogP contribution is 2.39. The maximum Gasteiger partial charge on any atom is 0.281 e. The molecule has 0 spiro atoms. The SMILES string of the molecule is CC1(C)CC(CCCN)CN1c1nc(Br)ccc1C(=O)NS(=O)(=O)c1cccc(F)n1. The molecule has 0 radical (unpaired) electrons. The van der Waals surface area contributed by atoms with Crippen molar-refractivity contribution in [1.82, 2.24) is 14.7 Å². The van der Waals surface area contributed by atoms with E-state index in [1.807, 2.05) is 9.62 Å². The van der Waals surface area contributed by atoms with E-state index in [1.54, 1.807) is 6.07 Å². The van der Waals surface area contributed by atoms with Gasteiger partial charge in [0, 0.05) is 12.1 Å². The Bertz CT molecular complexity index is 1080. The van der Waals surface area contributed by atoms with Crippen molar-refractivity contribution in [3.05, 3.63) is 46.4 Å². The van der Waals surface area contributed by atoms with E-state index < -0.39 is 26.9 Å². The molecule has 168 valence electrons. The van der Waals surface area contributed by atoms with Gasteiger partial charge in [0.2, 0.25) is 5.95 Å². The first kappa shape index (κ1) is 23.6. The summed E-state index contributed by atoms with van der Waals surface area (Å²) in [6, 6.07) is 6.43. The number of rotatable bonds is 7. The lowest BCUT2D eigenvalue weighted by Gasteiger charge is -2.33. The second-order valence-corrected chi connectivity index (χ2v) is 10.6. The fourth-order valence-electron chi connectivity index (χ4n) is 3.94. The van der Waals surface area contributed by atoms with Crippen molar-refractivity contribution in [2.75, 3.05) is 18.0 Å². The van der Waals surface area contributed by atoms with Crippen LogP contribution in [0.15, 0.2) is 40.0 Å². The van der Waals surface area contributed by atoms with Crippen LogP contribution in [0.25, 0.3) is 0 Å². The molecule has 0 aliphatic carbocycles. The van der Waals surface area contributed by atoms with Gasteiger partial charge in [0.15, 0.2) is 5.03 Å². The maximum absolute atomic E-state index is 13.4. The number of sulfonamides is 1. The third-order valence-corrected chi connectivity index (χ3v) is 6.98. The van der Waals surface area contributed by atoms with Gasteiger partial charge in [0.05, 0.1) is 5.56 Å². The summed E-state index contributed by atoms with van der Waals surface area (Å²) in [5, 5.41) is -0.573. The van der Waals surface area contributed by atoms with Crippen molar-refractivity contribution in [3.8, 4) is 0 Å². The summed E-state index contributed by atoms with van der Waals surface area (Å²) >= 11 is 3.34. The van der Waals surface area contributed by atoms with E-state index in [9.17, 15) is 17.6 Å². The summed E-state index contributed by atoms with van der Waals surface area (Å²) in [5.74, 6) is -1.05. The number of anilines is 1. The number of nitrogens with zero attached hydrogens (tertiary/aromatic N) is 3. The molecule has 0 bridgehead atoms. The molecular weight excluding hydrogens is 489 g/mol. The average Bonchev–Trinajstić information content (AvgIpc) is 3.00. The van der Waals surface area contributed by atoms with Crippen LogP contribution in [-0.2, 0) is 10.0 Å². The Morgan fingerprint density at radius 1 is 1.32 bits per heavy atom. The van der Waals surface area contributed by atoms with Gasteiger partial charge >= 0.3 is 0 Å². The van der Waals surface area contributed by atoms with Gasteiger partial charge in [-0.3, -0.25) is 4.79 Å². The van der Waals surface area contributed by atoms with Gasteiger partial charge in [-0.25, -0.2) is 14.7 Å². The first-order valence-electron chi connectivity index (χ1n) is 9.87. The van der Waals surface area contributed by atoms with Gasteiger partial charge in [-0.15, -0.1) is 0 Å². The standard InChI is InChI=1S/C20H25BrFN5O3S/c1-20(2)11-13(5-4-10-23)12-27(20)18-14(8-9-15(21)24-18)19(28)26-31(29,30)17-7-3-6-16(22)25-17/h3,6-9,13H,4-5,10-12,23H2,1-2H3,(H,26,28). The zero-order valence-electron chi connectivity index (χ0n) is 17.3. The highest BCUT2D eigenvalue weighted by molar-refractivity contribution is 9.10. The summed E-state index contributed by atoms with van der Waals surface area (Å²) < 4.78 is 41.0. The minimum atomic E-state index is -4.35. The van der Waals surface area contributed by atoms with E-state index in [4.69, 9.17) is 5.73 Å². The van der Waals surface area contributed by atoms with Gasteiger partial charge in [-0.1, -0.05) is 6.07 Å². The van der Waals surface area contributed by atoms with Crippen LogP contribution < -0.4 is 15.4 Å². The van der Waals surface area contributed by atoms with E-state index in [2.05, 4.69) is 39.7 Å². The Morgan fingerprint density at radius 2 is 2.06 bits per heavy atom. The molecule has 0 aromatic carbocycles. The summed E-state index contributed by atoms with van der Waals surface area (Å²) in [5.41, 5.74) is 5.47. The van der Waals surface area contributed by atoms with E-state index in [-0.39, 0.29) is 11.1 Å². The Kier molecular flexibility index (Phi) is 6.97. The number of hydrogen-bond acceptors (Lipinski definition) is 7. The molecule has 3 N–H and O–H groups in total. The normalized spacial score (nSPS) is 18.2. The molecule has 1 amide bonds. The third-order valence-electron chi connectivity index (χ3n) is 5.31. The lowest BCUT2D eigenvalue weighted by atomic mass is 9.93. The molecule has 1 aliphatic rings. The molecule has 0 saturated carbocycles. The van der Waals surface area contributed by atoms with Crippen LogP contribution >= 0.6 is 15.9 Å². The van der Waals surface area contributed by atoms with E-state index in [1.165, 1.54) is 12.1 Å². The Balaban J connectivity index is 1.92. The number of hydrogen-bond donors (Lipinski definition) is 2. The first-order chi connectivity index (χ1) is 14.5. The predicted octanol–water partition coefficient (Wildman–Crippen LogP) is 2.84. The lowest BCUT2D eigenvalue weighted by Crippen LogP contribution is -2.41. The summed E-state index contributed by atoms with van der Waals surface area (Å²) in [6.07, 6.45) is 2.77. The molecule has 1 unspecified atom stereocenters. The molecule has 1 saturated heterocycles. The quantitative estimate of drug-likeness (QED) is 0.546. The highest BCUT2D eigenvalue weighted by atomic mass is 79.9. The van der Waals surface area contributed by atoms with Crippen molar-refractivity contribution in [2.24, 2.45) is 11.7 Å². The zero-order valence-corrected chi connectivity index (χ0v) is 19.7. The Labute approximate surface area is 189 Å². The molecule has 3 rings (SSSR count). The zero-order chi connectivity index (χ0) is 22.8. The topological polar surface area (TPSA) is 118 Å². The summed E-state index contributed by atoms with van der Waals surface area (Å²) in [7, 11) is -4.35. The largest absolute Gasteiger partial charge is 0.351 e. The average molecular weight is 514 g/mol. The van der Waals surface area contributed by atoms with Crippen molar-refractivity contribution in [1.29, 1.82) is 0 Å². The lowest BCUT2D eigenvalue weighted by molar-refractivity contribution is 0.0981. The molecule has 2 aromatic rings. The minimum Gasteiger partial charge on any atom is -0.351 e. The molecule has 2 aromatic heterocycles. The van der Waals surface area contributed by atoms with E-state index in [0.717, 1.165) is 31.4 Å². The molecule has 31 heavy (non-hydrogen) atoms. The van der Waals surface area contributed by atoms with Crippen molar-refractivity contribution in [3.63, 3.8) is 0 Å². The van der Waals surface area contributed by atoms with Crippen LogP contribution in [0.2, 0.25) is 0 Å². The van der Waals surface area contributed by atoms with Gasteiger partial charge in [0.1, 0.15) is 10.4 Å². The number of nitrogens with two attached hydrogens (primary N) is 1. The third kappa shape index (κ3) is 5.39. The van der Waals surface area contributed by atoms with Crippen molar-refractivity contribution >= 4 is 37.7 Å². The Morgan fingerprint density at radius 3 is 2.74 bits per heavy atom. The summed E-state index contributed by atoms with van der Waals surface area (Å²) in [6.45, 7) is 5.42. The fraction of sp³-hybridized carbons (Fsp3) is 0.450. The van der Waals surface area contributed by atoms with Crippen LogP contribution in [0, 0.1) is 11.9 Å². The second kappa shape index (κ2) is 9.17. The van der Waals surface area contributed by atoms with Crippen LogP contribution in [-0.4, -0.2) is 42.9 Å². The first-order valence-corrected chi connectivity index (χ1v) is 12.1. The predicted molar refractivity (Wildman–Crippen MR) is 119 cm³/mol. The van der Waals surface area contributed by atoms with Crippen molar-refractivity contribution in [2.45, 2.75) is 43.7 Å². The molecule has 11 heteroatoms. The Hall–Kier alpha value is -2.11. The van der Waals surface area contributed by atoms with Crippen LogP contribution in [0.3, 0.4) is 0 Å². The number of pyridine rings is 2. The highest BCUT2D eigenvalue weighted by Gasteiger charge is 2.40. The molecule has 1 fully saturated rings. The number of nitrogens with one attached hydrogen (secondary N) is 1.